The molecule has 1 N–H and O–H groups in total. The first kappa shape index (κ1) is 20.4. The van der Waals surface area contributed by atoms with Crippen LogP contribution in [0.15, 0.2) is 52.7 Å². The molecule has 0 bridgehead atoms. The van der Waals surface area contributed by atoms with Crippen LogP contribution >= 0.6 is 11.3 Å². The number of aromatic nitrogens is 1. The summed E-state index contributed by atoms with van der Waals surface area (Å²) >= 11 is 1.54. The molecule has 0 saturated carbocycles. The van der Waals surface area contributed by atoms with E-state index in [1.807, 2.05) is 45.2 Å². The van der Waals surface area contributed by atoms with Gasteiger partial charge in [0.05, 0.1) is 22.2 Å². The van der Waals surface area contributed by atoms with Gasteiger partial charge in [-0.15, -0.1) is 11.3 Å². The van der Waals surface area contributed by atoms with E-state index in [1.165, 1.54) is 0 Å². The molecule has 0 atom stereocenters. The molecular formula is C21H24N2O3S2. The second kappa shape index (κ2) is 8.32. The van der Waals surface area contributed by atoms with Gasteiger partial charge in [0.1, 0.15) is 5.75 Å². The van der Waals surface area contributed by atoms with Crippen LogP contribution in [-0.2, 0) is 10.0 Å². The van der Waals surface area contributed by atoms with Gasteiger partial charge in [-0.25, -0.2) is 13.4 Å². The minimum atomic E-state index is -3.75. The fourth-order valence-corrected chi connectivity index (χ4v) is 4.97. The van der Waals surface area contributed by atoms with Crippen LogP contribution in [0.3, 0.4) is 0 Å². The van der Waals surface area contributed by atoms with Gasteiger partial charge in [0.2, 0.25) is 0 Å². The van der Waals surface area contributed by atoms with E-state index in [0.29, 0.717) is 18.0 Å². The molecule has 3 aromatic rings. The molecule has 0 unspecified atom stereocenters. The Morgan fingerprint density at radius 2 is 1.86 bits per heavy atom. The van der Waals surface area contributed by atoms with Crippen LogP contribution in [0, 0.1) is 6.92 Å². The monoisotopic (exact) mass is 416 g/mol. The van der Waals surface area contributed by atoms with E-state index in [2.05, 4.69) is 9.71 Å². The van der Waals surface area contributed by atoms with Crippen molar-refractivity contribution in [3.8, 4) is 17.0 Å². The van der Waals surface area contributed by atoms with E-state index in [1.54, 1.807) is 41.7 Å². The minimum Gasteiger partial charge on any atom is -0.494 e. The number of anilines is 1. The molecule has 0 amide bonds. The summed E-state index contributed by atoms with van der Waals surface area (Å²) in [4.78, 5) is 4.76. The van der Waals surface area contributed by atoms with E-state index in [4.69, 9.17) is 4.74 Å². The van der Waals surface area contributed by atoms with Crippen molar-refractivity contribution in [3.05, 3.63) is 58.4 Å². The number of aryl methyl sites for hydroxylation is 1. The molecule has 5 nitrogen and oxygen atoms in total. The Morgan fingerprint density at radius 3 is 2.43 bits per heavy atom. The molecule has 2 aromatic carbocycles. The van der Waals surface area contributed by atoms with E-state index in [9.17, 15) is 8.42 Å². The number of benzene rings is 2. The van der Waals surface area contributed by atoms with Crippen molar-refractivity contribution in [1.82, 2.24) is 4.98 Å². The van der Waals surface area contributed by atoms with Crippen molar-refractivity contribution in [2.24, 2.45) is 0 Å². The van der Waals surface area contributed by atoms with Crippen molar-refractivity contribution >= 4 is 27.0 Å². The second-order valence-electron chi connectivity index (χ2n) is 6.72. The smallest absolute Gasteiger partial charge is 0.262 e. The normalized spacial score (nSPS) is 11.6. The highest BCUT2D eigenvalue weighted by Crippen LogP contribution is 2.31. The lowest BCUT2D eigenvalue weighted by Crippen LogP contribution is -2.15. The molecule has 1 aromatic heterocycles. The van der Waals surface area contributed by atoms with Gasteiger partial charge in [0.15, 0.2) is 0 Å². The van der Waals surface area contributed by atoms with E-state index in [0.717, 1.165) is 21.8 Å². The molecule has 0 fully saturated rings. The zero-order valence-electron chi connectivity index (χ0n) is 16.4. The van der Waals surface area contributed by atoms with Crippen molar-refractivity contribution in [1.29, 1.82) is 0 Å². The molecule has 148 valence electrons. The zero-order valence-corrected chi connectivity index (χ0v) is 18.0. The molecule has 0 saturated heterocycles. The van der Waals surface area contributed by atoms with E-state index < -0.39 is 10.0 Å². The number of hydrogen-bond donors (Lipinski definition) is 1. The van der Waals surface area contributed by atoms with Gasteiger partial charge >= 0.3 is 0 Å². The molecule has 1 heterocycles. The van der Waals surface area contributed by atoms with Crippen LogP contribution in [0.5, 0.6) is 5.75 Å². The number of ether oxygens (including phenoxy) is 1. The Morgan fingerprint density at radius 1 is 1.14 bits per heavy atom. The number of rotatable bonds is 7. The lowest BCUT2D eigenvalue weighted by atomic mass is 10.0. The second-order valence-corrected chi connectivity index (χ2v) is 9.44. The van der Waals surface area contributed by atoms with E-state index in [-0.39, 0.29) is 10.8 Å². The van der Waals surface area contributed by atoms with Gasteiger partial charge in [-0.2, -0.15) is 0 Å². The van der Waals surface area contributed by atoms with Crippen molar-refractivity contribution in [2.75, 3.05) is 11.3 Å². The predicted octanol–water partition coefficient (Wildman–Crippen LogP) is 5.44. The fourth-order valence-electron chi connectivity index (χ4n) is 2.90. The maximum atomic E-state index is 13.2. The molecule has 0 aliphatic carbocycles. The van der Waals surface area contributed by atoms with Crippen LogP contribution in [0.1, 0.15) is 37.3 Å². The highest BCUT2D eigenvalue weighted by molar-refractivity contribution is 7.92. The van der Waals surface area contributed by atoms with Crippen molar-refractivity contribution in [3.63, 3.8) is 0 Å². The third-order valence-corrected chi connectivity index (χ3v) is 6.47. The first-order valence-electron chi connectivity index (χ1n) is 9.12. The number of nitrogens with one attached hydrogen (secondary N) is 1. The van der Waals surface area contributed by atoms with Gasteiger partial charge in [0.25, 0.3) is 10.0 Å². The topological polar surface area (TPSA) is 68.3 Å². The number of nitrogens with zero attached hydrogens (tertiary/aromatic N) is 1. The Balaban J connectivity index is 1.98. The van der Waals surface area contributed by atoms with Crippen molar-refractivity contribution < 1.29 is 13.2 Å². The van der Waals surface area contributed by atoms with Crippen LogP contribution in [0.4, 0.5) is 5.69 Å². The summed E-state index contributed by atoms with van der Waals surface area (Å²) in [6, 6.07) is 12.4. The Bertz CT molecular complexity index is 1060. The lowest BCUT2D eigenvalue weighted by molar-refractivity contribution is 0.340. The average molecular weight is 417 g/mol. The number of thiazole rings is 1. The Kier molecular flexibility index (Phi) is 6.05. The summed E-state index contributed by atoms with van der Waals surface area (Å²) in [6.45, 7) is 8.37. The largest absolute Gasteiger partial charge is 0.494 e. The summed E-state index contributed by atoms with van der Waals surface area (Å²) in [7, 11) is -3.75. The highest BCUT2D eigenvalue weighted by atomic mass is 32.2. The maximum Gasteiger partial charge on any atom is 0.262 e. The molecule has 3 rings (SSSR count). The molecule has 0 aliphatic rings. The zero-order chi connectivity index (χ0) is 20.3. The third-order valence-electron chi connectivity index (χ3n) is 4.26. The minimum absolute atomic E-state index is 0.0677. The summed E-state index contributed by atoms with van der Waals surface area (Å²) in [5.41, 5.74) is 2.85. The molecule has 0 aliphatic heterocycles. The summed E-state index contributed by atoms with van der Waals surface area (Å²) in [6.07, 6.45) is 0. The molecule has 28 heavy (non-hydrogen) atoms. The molecule has 7 heteroatoms. The Labute approximate surface area is 170 Å². The quantitative estimate of drug-likeness (QED) is 0.557. The maximum absolute atomic E-state index is 13.2. The van der Waals surface area contributed by atoms with Gasteiger partial charge < -0.3 is 4.74 Å². The van der Waals surface area contributed by atoms with Crippen LogP contribution in [0.2, 0.25) is 0 Å². The van der Waals surface area contributed by atoms with Gasteiger partial charge in [-0.1, -0.05) is 26.0 Å². The summed E-state index contributed by atoms with van der Waals surface area (Å²) < 4.78 is 34.4. The number of sulfonamides is 1. The fraction of sp³-hybridized carbons (Fsp3) is 0.286. The first-order chi connectivity index (χ1) is 13.3. The SMILES string of the molecule is CCOc1ccc(NS(=O)(=O)c2cc(-c3csc(C)n3)ccc2C(C)C)cc1. The van der Waals surface area contributed by atoms with Crippen LogP contribution < -0.4 is 9.46 Å². The van der Waals surface area contributed by atoms with Gasteiger partial charge in [0, 0.05) is 16.6 Å². The molecule has 0 spiro atoms. The molecular weight excluding hydrogens is 392 g/mol. The molecule has 0 radical (unpaired) electrons. The Hall–Kier alpha value is -2.38. The van der Waals surface area contributed by atoms with Crippen LogP contribution in [-0.4, -0.2) is 20.0 Å². The highest BCUT2D eigenvalue weighted by Gasteiger charge is 2.22. The van der Waals surface area contributed by atoms with Gasteiger partial charge in [-0.05, 0) is 55.7 Å². The van der Waals surface area contributed by atoms with E-state index >= 15 is 0 Å². The number of hydrogen-bond acceptors (Lipinski definition) is 5. The lowest BCUT2D eigenvalue weighted by Gasteiger charge is -2.16. The summed E-state index contributed by atoms with van der Waals surface area (Å²) in [5, 5.41) is 2.88. The predicted molar refractivity (Wildman–Crippen MR) is 115 cm³/mol. The van der Waals surface area contributed by atoms with Crippen LogP contribution in [0.25, 0.3) is 11.3 Å². The average Bonchev–Trinajstić information content (AvgIpc) is 3.09. The van der Waals surface area contributed by atoms with Gasteiger partial charge in [-0.3, -0.25) is 4.72 Å². The standard InChI is InChI=1S/C21H24N2O3S2/c1-5-26-18-9-7-17(8-10-18)23-28(24,25)21-12-16(6-11-19(21)14(2)3)20-13-27-15(4)22-20/h6-14,23H,5H2,1-4H3. The summed E-state index contributed by atoms with van der Waals surface area (Å²) in [5.74, 6) is 0.771. The third kappa shape index (κ3) is 4.54. The first-order valence-corrected chi connectivity index (χ1v) is 11.5. The van der Waals surface area contributed by atoms with Crippen molar-refractivity contribution in [2.45, 2.75) is 38.5 Å².